The van der Waals surface area contributed by atoms with Gasteiger partial charge < -0.3 is 4.74 Å². The number of carbonyl (C=O) groups is 1. The molecule has 1 heterocycles. The van der Waals surface area contributed by atoms with Gasteiger partial charge in [0.05, 0.1) is 12.7 Å². The lowest BCUT2D eigenvalue weighted by Crippen LogP contribution is -2.19. The third kappa shape index (κ3) is 2.08. The summed E-state index contributed by atoms with van der Waals surface area (Å²) in [5, 5.41) is 2.32. The minimum Gasteiger partial charge on any atom is -0.373 e. The number of ketones is 1. The van der Waals surface area contributed by atoms with Gasteiger partial charge in [-0.25, -0.2) is 0 Å². The number of ether oxygens (including phenoxy) is 1. The number of hydrogen-bond acceptors (Lipinski definition) is 2. The van der Waals surface area contributed by atoms with Crippen molar-refractivity contribution in [1.82, 2.24) is 0 Å². The largest absolute Gasteiger partial charge is 0.373 e. The van der Waals surface area contributed by atoms with Crippen LogP contribution in [0.2, 0.25) is 0 Å². The summed E-state index contributed by atoms with van der Waals surface area (Å²) in [6.07, 6.45) is 0.945. The minimum atomic E-state index is -0.0933. The molecule has 1 atom stereocenters. The monoisotopic (exact) mass is 304 g/mol. The highest BCUT2D eigenvalue weighted by molar-refractivity contribution is 9.10. The second kappa shape index (κ2) is 4.82. The van der Waals surface area contributed by atoms with Crippen LogP contribution < -0.4 is 0 Å². The molecule has 2 nitrogen and oxygen atoms in total. The van der Waals surface area contributed by atoms with Crippen molar-refractivity contribution in [3.8, 4) is 0 Å². The molecule has 0 saturated carbocycles. The highest BCUT2D eigenvalue weighted by Crippen LogP contribution is 2.34. The average molecular weight is 305 g/mol. The first-order valence-corrected chi connectivity index (χ1v) is 6.85. The lowest BCUT2D eigenvalue weighted by atomic mass is 9.95. The SMILES string of the molecule is O=C1CCOC(c2ccc(Br)c3ccccc23)C1. The summed E-state index contributed by atoms with van der Waals surface area (Å²) in [6.45, 7) is 0.536. The molecule has 0 aliphatic carbocycles. The molecule has 0 spiro atoms. The van der Waals surface area contributed by atoms with Crippen LogP contribution in [0.1, 0.15) is 24.5 Å². The van der Waals surface area contributed by atoms with Gasteiger partial charge in [-0.2, -0.15) is 0 Å². The van der Waals surface area contributed by atoms with Crippen molar-refractivity contribution >= 4 is 32.5 Å². The van der Waals surface area contributed by atoms with Gasteiger partial charge in [0.1, 0.15) is 5.78 Å². The van der Waals surface area contributed by atoms with Crippen molar-refractivity contribution in [3.05, 3.63) is 46.4 Å². The van der Waals surface area contributed by atoms with E-state index in [2.05, 4.69) is 34.1 Å². The van der Waals surface area contributed by atoms with Crippen molar-refractivity contribution in [2.75, 3.05) is 6.61 Å². The Kier molecular flexibility index (Phi) is 3.18. The fourth-order valence-electron chi connectivity index (χ4n) is 2.45. The predicted octanol–water partition coefficient (Wildman–Crippen LogP) is 4.02. The van der Waals surface area contributed by atoms with Crippen molar-refractivity contribution in [2.24, 2.45) is 0 Å². The quantitative estimate of drug-likeness (QED) is 0.795. The molecule has 1 aliphatic heterocycles. The maximum Gasteiger partial charge on any atom is 0.138 e. The van der Waals surface area contributed by atoms with E-state index in [0.717, 1.165) is 20.8 Å². The summed E-state index contributed by atoms with van der Waals surface area (Å²) in [4.78, 5) is 11.6. The van der Waals surface area contributed by atoms with Gasteiger partial charge in [-0.05, 0) is 22.4 Å². The second-order valence-electron chi connectivity index (χ2n) is 4.53. The van der Waals surface area contributed by atoms with Crippen molar-refractivity contribution in [2.45, 2.75) is 18.9 Å². The lowest BCUT2D eigenvalue weighted by molar-refractivity contribution is -0.128. The topological polar surface area (TPSA) is 26.3 Å². The summed E-state index contributed by atoms with van der Waals surface area (Å²) in [5.74, 6) is 0.290. The van der Waals surface area contributed by atoms with E-state index in [-0.39, 0.29) is 6.10 Å². The third-order valence-corrected chi connectivity index (χ3v) is 4.06. The van der Waals surface area contributed by atoms with Gasteiger partial charge in [0.2, 0.25) is 0 Å². The molecule has 1 saturated heterocycles. The Morgan fingerprint density at radius 2 is 1.89 bits per heavy atom. The van der Waals surface area contributed by atoms with Crippen LogP contribution >= 0.6 is 15.9 Å². The van der Waals surface area contributed by atoms with Gasteiger partial charge in [0.25, 0.3) is 0 Å². The number of carbonyl (C=O) groups excluding carboxylic acids is 1. The molecule has 2 aromatic carbocycles. The number of halogens is 1. The molecule has 3 heteroatoms. The van der Waals surface area contributed by atoms with Gasteiger partial charge in [-0.1, -0.05) is 46.3 Å². The molecule has 92 valence electrons. The minimum absolute atomic E-state index is 0.0933. The van der Waals surface area contributed by atoms with E-state index in [4.69, 9.17) is 4.74 Å². The van der Waals surface area contributed by atoms with Crippen LogP contribution in [0.15, 0.2) is 40.9 Å². The van der Waals surface area contributed by atoms with Crippen LogP contribution in [-0.4, -0.2) is 12.4 Å². The van der Waals surface area contributed by atoms with Crippen LogP contribution in [0.5, 0.6) is 0 Å². The van der Waals surface area contributed by atoms with E-state index < -0.39 is 0 Å². The van der Waals surface area contributed by atoms with Crippen molar-refractivity contribution < 1.29 is 9.53 Å². The van der Waals surface area contributed by atoms with Gasteiger partial charge in [0, 0.05) is 17.3 Å². The van der Waals surface area contributed by atoms with Crippen LogP contribution in [0, 0.1) is 0 Å². The van der Waals surface area contributed by atoms with Gasteiger partial charge in [-0.15, -0.1) is 0 Å². The highest BCUT2D eigenvalue weighted by Gasteiger charge is 2.23. The van der Waals surface area contributed by atoms with Gasteiger partial charge in [0.15, 0.2) is 0 Å². The fraction of sp³-hybridized carbons (Fsp3) is 0.267. The normalized spacial score (nSPS) is 20.3. The standard InChI is InChI=1S/C15H13BrO2/c16-14-6-5-13(11-3-1-2-4-12(11)14)15-9-10(17)7-8-18-15/h1-6,15H,7-9H2. The van der Waals surface area contributed by atoms with Crippen molar-refractivity contribution in [1.29, 1.82) is 0 Å². The Morgan fingerprint density at radius 1 is 1.11 bits per heavy atom. The van der Waals surface area contributed by atoms with Crippen LogP contribution in [0.25, 0.3) is 10.8 Å². The first-order valence-electron chi connectivity index (χ1n) is 6.06. The Bertz CT molecular complexity index is 606. The molecule has 0 bridgehead atoms. The molecule has 0 aromatic heterocycles. The summed E-state index contributed by atoms with van der Waals surface area (Å²) < 4.78 is 6.82. The van der Waals surface area contributed by atoms with E-state index in [1.165, 1.54) is 0 Å². The Balaban J connectivity index is 2.11. The molecule has 0 radical (unpaired) electrons. The molecular formula is C15H13BrO2. The predicted molar refractivity (Wildman–Crippen MR) is 74.6 cm³/mol. The maximum absolute atomic E-state index is 11.6. The molecule has 1 unspecified atom stereocenters. The third-order valence-electron chi connectivity index (χ3n) is 3.36. The first-order chi connectivity index (χ1) is 8.75. The van der Waals surface area contributed by atoms with E-state index in [0.29, 0.717) is 25.2 Å². The molecule has 3 rings (SSSR count). The van der Waals surface area contributed by atoms with E-state index >= 15 is 0 Å². The molecular weight excluding hydrogens is 292 g/mol. The van der Waals surface area contributed by atoms with E-state index in [9.17, 15) is 4.79 Å². The van der Waals surface area contributed by atoms with Crippen LogP contribution in [-0.2, 0) is 9.53 Å². The summed E-state index contributed by atoms with van der Waals surface area (Å²) >= 11 is 3.56. The Morgan fingerprint density at radius 3 is 2.67 bits per heavy atom. The highest BCUT2D eigenvalue weighted by atomic mass is 79.9. The molecule has 0 N–H and O–H groups in total. The molecule has 0 amide bonds. The Labute approximate surface area is 114 Å². The van der Waals surface area contributed by atoms with E-state index in [1.807, 2.05) is 18.2 Å². The van der Waals surface area contributed by atoms with E-state index in [1.54, 1.807) is 0 Å². The summed E-state index contributed by atoms with van der Waals surface area (Å²) in [5.41, 5.74) is 1.11. The molecule has 18 heavy (non-hydrogen) atoms. The zero-order valence-corrected chi connectivity index (χ0v) is 11.4. The van der Waals surface area contributed by atoms with Crippen LogP contribution in [0.4, 0.5) is 0 Å². The maximum atomic E-state index is 11.6. The Hall–Kier alpha value is -1.19. The van der Waals surface area contributed by atoms with Gasteiger partial charge in [-0.3, -0.25) is 4.79 Å². The summed E-state index contributed by atoms with van der Waals surface area (Å²) in [7, 11) is 0. The zero-order chi connectivity index (χ0) is 12.5. The molecule has 2 aromatic rings. The first kappa shape index (κ1) is 11.9. The van der Waals surface area contributed by atoms with Crippen LogP contribution in [0.3, 0.4) is 0 Å². The lowest BCUT2D eigenvalue weighted by Gasteiger charge is -2.23. The molecule has 1 fully saturated rings. The van der Waals surface area contributed by atoms with Crippen molar-refractivity contribution in [3.63, 3.8) is 0 Å². The second-order valence-corrected chi connectivity index (χ2v) is 5.39. The average Bonchev–Trinajstić information content (AvgIpc) is 2.39. The fourth-order valence-corrected chi connectivity index (χ4v) is 2.93. The number of hydrogen-bond donors (Lipinski definition) is 0. The smallest absolute Gasteiger partial charge is 0.138 e. The number of benzene rings is 2. The molecule has 1 aliphatic rings. The number of rotatable bonds is 1. The number of Topliss-reactive ketones (excluding diaryl/α,β-unsaturated/α-hetero) is 1. The number of fused-ring (bicyclic) bond motifs is 1. The van der Waals surface area contributed by atoms with Gasteiger partial charge >= 0.3 is 0 Å². The zero-order valence-electron chi connectivity index (χ0n) is 9.86. The summed E-state index contributed by atoms with van der Waals surface area (Å²) in [6, 6.07) is 12.3.